The largest absolute Gasteiger partial charge is 0.424 e. The minimum atomic E-state index is -4.51. The van der Waals surface area contributed by atoms with Crippen LogP contribution >= 0.6 is 0 Å². The minimum absolute atomic E-state index is 0.120. The predicted molar refractivity (Wildman–Crippen MR) is 122 cm³/mol. The van der Waals surface area contributed by atoms with Gasteiger partial charge >= 0.3 is 18.2 Å². The van der Waals surface area contributed by atoms with Gasteiger partial charge in [-0.05, 0) is 43.9 Å². The van der Waals surface area contributed by atoms with E-state index in [-0.39, 0.29) is 18.0 Å². The molecule has 2 aromatic heterocycles. The van der Waals surface area contributed by atoms with E-state index in [1.165, 1.54) is 5.57 Å². The molecule has 1 atom stereocenters. The Bertz CT molecular complexity index is 1240. The maximum Gasteiger partial charge on any atom is 0.419 e. The van der Waals surface area contributed by atoms with Gasteiger partial charge in [0.15, 0.2) is 0 Å². The number of piperidine rings is 1. The average Bonchev–Trinajstić information content (AvgIpc) is 3.12. The minimum Gasteiger partial charge on any atom is -0.424 e. The molecule has 2 amide bonds. The number of aromatic nitrogens is 3. The topological polar surface area (TPSA) is 93.4 Å². The molecule has 0 spiro atoms. The van der Waals surface area contributed by atoms with E-state index < -0.39 is 11.7 Å². The quantitative estimate of drug-likeness (QED) is 0.496. The second-order valence-electron chi connectivity index (χ2n) is 8.40. The van der Waals surface area contributed by atoms with Crippen LogP contribution in [-0.4, -0.2) is 39.1 Å². The molecule has 4 rings (SSSR count). The second-order valence-corrected chi connectivity index (χ2v) is 8.40. The maximum absolute atomic E-state index is 12.7. The Morgan fingerprint density at radius 3 is 2.63 bits per heavy atom. The molecule has 35 heavy (non-hydrogen) atoms. The zero-order valence-corrected chi connectivity index (χ0v) is 19.4. The summed E-state index contributed by atoms with van der Waals surface area (Å²) < 4.78 is 48.7. The zero-order valence-electron chi connectivity index (χ0n) is 19.4. The number of benzene rings is 1. The molecule has 1 aliphatic heterocycles. The lowest BCUT2D eigenvalue weighted by molar-refractivity contribution is -0.138. The first-order valence-corrected chi connectivity index (χ1v) is 11.0. The summed E-state index contributed by atoms with van der Waals surface area (Å²) in [7, 11) is 0. The fourth-order valence-electron chi connectivity index (χ4n) is 3.66. The SMILES string of the molecule is Cc1noc(NC(=O)N2CC/C(=C\c3cccc(Oc4ncc(C(F)(F)F)cn4)c3)C(C)C2)c1C. The molecule has 1 fully saturated rings. The second kappa shape index (κ2) is 9.77. The van der Waals surface area contributed by atoms with E-state index in [4.69, 9.17) is 9.26 Å². The van der Waals surface area contributed by atoms with Crippen LogP contribution in [0.5, 0.6) is 11.8 Å². The fraction of sp³-hybridized carbons (Fsp3) is 0.333. The fourth-order valence-corrected chi connectivity index (χ4v) is 3.66. The molecule has 3 heterocycles. The van der Waals surface area contributed by atoms with Crippen molar-refractivity contribution in [3.8, 4) is 11.8 Å². The van der Waals surface area contributed by atoms with Crippen LogP contribution < -0.4 is 10.1 Å². The molecule has 0 radical (unpaired) electrons. The number of anilines is 1. The summed E-state index contributed by atoms with van der Waals surface area (Å²) in [6.07, 6.45) is -0.415. The van der Waals surface area contributed by atoms with E-state index in [0.717, 1.165) is 16.8 Å². The number of rotatable bonds is 4. The number of carbonyl (C=O) groups excluding carboxylic acids is 1. The summed E-state index contributed by atoms with van der Waals surface area (Å²) in [5.41, 5.74) is 2.62. The summed E-state index contributed by atoms with van der Waals surface area (Å²) >= 11 is 0. The van der Waals surface area contributed by atoms with Gasteiger partial charge in [-0.3, -0.25) is 5.32 Å². The van der Waals surface area contributed by atoms with Gasteiger partial charge in [0, 0.05) is 31.0 Å². The van der Waals surface area contributed by atoms with Gasteiger partial charge in [-0.25, -0.2) is 14.8 Å². The molecule has 11 heteroatoms. The number of hydrogen-bond donors (Lipinski definition) is 1. The monoisotopic (exact) mass is 487 g/mol. The van der Waals surface area contributed by atoms with E-state index in [1.807, 2.05) is 32.9 Å². The highest BCUT2D eigenvalue weighted by molar-refractivity contribution is 5.88. The first kappa shape index (κ1) is 24.2. The molecule has 1 aliphatic rings. The molecule has 1 saturated heterocycles. The predicted octanol–water partition coefficient (Wildman–Crippen LogP) is 5.85. The Morgan fingerprint density at radius 1 is 1.26 bits per heavy atom. The standard InChI is InChI=1S/C24H24F3N5O3/c1-14-13-32(23(33)30-21-15(2)16(3)31-35-21)8-7-18(14)9-17-5-4-6-20(10-17)34-22-28-11-19(12-29-22)24(25,26)27/h4-6,9-12,14H,7-8,13H2,1-3H3,(H,30,33)/b18-9+. The van der Waals surface area contributed by atoms with Crippen LogP contribution in [0.3, 0.4) is 0 Å². The van der Waals surface area contributed by atoms with Gasteiger partial charge in [-0.15, -0.1) is 0 Å². The number of urea groups is 1. The van der Waals surface area contributed by atoms with Crippen molar-refractivity contribution in [3.05, 3.63) is 64.6 Å². The Labute approximate surface area is 199 Å². The molecule has 0 bridgehead atoms. The van der Waals surface area contributed by atoms with Crippen LogP contribution in [0.2, 0.25) is 0 Å². The first-order valence-electron chi connectivity index (χ1n) is 11.0. The highest BCUT2D eigenvalue weighted by Crippen LogP contribution is 2.30. The lowest BCUT2D eigenvalue weighted by atomic mass is 9.91. The van der Waals surface area contributed by atoms with E-state index >= 15 is 0 Å². The van der Waals surface area contributed by atoms with Crippen molar-refractivity contribution in [1.82, 2.24) is 20.0 Å². The molecule has 1 unspecified atom stereocenters. The Morgan fingerprint density at radius 2 is 2.00 bits per heavy atom. The molecule has 0 saturated carbocycles. The Balaban J connectivity index is 1.39. The normalized spacial score (nSPS) is 17.5. The number of carbonyl (C=O) groups is 1. The lowest BCUT2D eigenvalue weighted by Gasteiger charge is -2.33. The number of aryl methyl sites for hydroxylation is 1. The molecule has 1 aromatic carbocycles. The van der Waals surface area contributed by atoms with E-state index in [1.54, 1.807) is 23.1 Å². The molecule has 0 aliphatic carbocycles. The summed E-state index contributed by atoms with van der Waals surface area (Å²) in [4.78, 5) is 21.7. The molecule has 3 aromatic rings. The molecular formula is C24H24F3N5O3. The third kappa shape index (κ3) is 5.79. The number of nitrogens with zero attached hydrogens (tertiary/aromatic N) is 4. The third-order valence-electron chi connectivity index (χ3n) is 5.84. The van der Waals surface area contributed by atoms with Crippen LogP contribution in [0.15, 0.2) is 46.8 Å². The van der Waals surface area contributed by atoms with Gasteiger partial charge in [0.25, 0.3) is 0 Å². The molecular weight excluding hydrogens is 463 g/mol. The Kier molecular flexibility index (Phi) is 6.77. The number of likely N-dealkylation sites (tertiary alicyclic amines) is 1. The van der Waals surface area contributed by atoms with Crippen molar-refractivity contribution in [3.63, 3.8) is 0 Å². The average molecular weight is 487 g/mol. The van der Waals surface area contributed by atoms with Gasteiger partial charge in [-0.2, -0.15) is 13.2 Å². The number of ether oxygens (including phenoxy) is 1. The summed E-state index contributed by atoms with van der Waals surface area (Å²) in [6, 6.07) is 6.70. The van der Waals surface area contributed by atoms with Crippen LogP contribution in [0.25, 0.3) is 6.08 Å². The maximum atomic E-state index is 12.7. The molecule has 1 N–H and O–H groups in total. The summed E-state index contributed by atoms with van der Waals surface area (Å²) in [6.45, 7) is 6.78. The smallest absolute Gasteiger partial charge is 0.419 e. The number of hydrogen-bond acceptors (Lipinski definition) is 6. The van der Waals surface area contributed by atoms with Gasteiger partial charge < -0.3 is 14.2 Å². The van der Waals surface area contributed by atoms with Gasteiger partial charge in [0.2, 0.25) is 5.88 Å². The van der Waals surface area contributed by atoms with Crippen LogP contribution in [0.4, 0.5) is 23.8 Å². The van der Waals surface area contributed by atoms with Crippen molar-refractivity contribution in [2.75, 3.05) is 18.4 Å². The number of alkyl halides is 3. The van der Waals surface area contributed by atoms with Crippen molar-refractivity contribution < 1.29 is 27.2 Å². The van der Waals surface area contributed by atoms with E-state index in [0.29, 0.717) is 43.5 Å². The number of nitrogens with one attached hydrogen (secondary N) is 1. The van der Waals surface area contributed by atoms with E-state index in [9.17, 15) is 18.0 Å². The van der Waals surface area contributed by atoms with Gasteiger partial charge in [0.05, 0.1) is 11.3 Å². The van der Waals surface area contributed by atoms with Crippen LogP contribution in [0.1, 0.15) is 35.7 Å². The highest BCUT2D eigenvalue weighted by Gasteiger charge is 2.31. The van der Waals surface area contributed by atoms with E-state index in [2.05, 4.69) is 20.4 Å². The summed E-state index contributed by atoms with van der Waals surface area (Å²) in [5.74, 6) is 0.881. The van der Waals surface area contributed by atoms with Crippen LogP contribution in [-0.2, 0) is 6.18 Å². The van der Waals surface area contributed by atoms with Crippen molar-refractivity contribution >= 4 is 18.0 Å². The molecule has 8 nitrogen and oxygen atoms in total. The van der Waals surface area contributed by atoms with Crippen molar-refractivity contribution in [2.45, 2.75) is 33.4 Å². The number of amides is 2. The van der Waals surface area contributed by atoms with Crippen LogP contribution in [0, 0.1) is 19.8 Å². The lowest BCUT2D eigenvalue weighted by Crippen LogP contribution is -2.42. The van der Waals surface area contributed by atoms with Gasteiger partial charge in [0.1, 0.15) is 5.75 Å². The summed E-state index contributed by atoms with van der Waals surface area (Å²) in [5, 5.41) is 6.63. The van der Waals surface area contributed by atoms with Gasteiger partial charge in [-0.1, -0.05) is 35.9 Å². The molecule has 184 valence electrons. The first-order chi connectivity index (χ1) is 16.6. The highest BCUT2D eigenvalue weighted by atomic mass is 19.4. The third-order valence-corrected chi connectivity index (χ3v) is 5.84. The number of halogens is 3. The zero-order chi connectivity index (χ0) is 25.2. The Hall–Kier alpha value is -3.89. The van der Waals surface area contributed by atoms with Crippen molar-refractivity contribution in [1.29, 1.82) is 0 Å². The van der Waals surface area contributed by atoms with Crippen molar-refractivity contribution in [2.24, 2.45) is 5.92 Å².